The Bertz CT molecular complexity index is 910. The molecule has 0 saturated heterocycles. The lowest BCUT2D eigenvalue weighted by molar-refractivity contribution is 0.0472. The smallest absolute Gasteiger partial charge is 0.410 e. The number of likely N-dealkylation sites (N-methyl/N-ethyl adjacent to an activating group) is 1. The van der Waals surface area contributed by atoms with Crippen molar-refractivity contribution in [3.63, 3.8) is 0 Å². The van der Waals surface area contributed by atoms with Crippen LogP contribution in [0.5, 0.6) is 0 Å². The van der Waals surface area contributed by atoms with Gasteiger partial charge in [0.1, 0.15) is 18.2 Å². The molecule has 1 aliphatic heterocycles. The minimum Gasteiger partial charge on any atom is -0.447 e. The topological polar surface area (TPSA) is 32.8 Å². The lowest BCUT2D eigenvalue weighted by atomic mass is 10.0. The summed E-state index contributed by atoms with van der Waals surface area (Å²) in [7, 11) is 3.84. The van der Waals surface area contributed by atoms with Crippen molar-refractivity contribution in [3.8, 4) is 0 Å². The van der Waals surface area contributed by atoms with Crippen molar-refractivity contribution >= 4 is 11.7 Å². The Morgan fingerprint density at radius 3 is 2.52 bits per heavy atom. The fraction of sp³-hybridized carbons (Fsp3) is 0.348. The Balaban J connectivity index is 1.88. The van der Waals surface area contributed by atoms with Gasteiger partial charge in [-0.25, -0.2) is 13.6 Å². The van der Waals surface area contributed by atoms with Gasteiger partial charge in [0.15, 0.2) is 0 Å². The maximum absolute atomic E-state index is 14.3. The highest BCUT2D eigenvalue weighted by Gasteiger charge is 2.34. The number of hydrogen-bond donors (Lipinski definition) is 0. The van der Waals surface area contributed by atoms with Crippen molar-refractivity contribution < 1.29 is 18.3 Å². The van der Waals surface area contributed by atoms with Gasteiger partial charge in [-0.2, -0.15) is 0 Å². The molecule has 0 saturated carbocycles. The summed E-state index contributed by atoms with van der Waals surface area (Å²) in [5.74, 6) is -1.04. The zero-order chi connectivity index (χ0) is 21.2. The summed E-state index contributed by atoms with van der Waals surface area (Å²) in [4.78, 5) is 16.4. The first-order valence-electron chi connectivity index (χ1n) is 9.51. The molecule has 1 amide bonds. The largest absolute Gasteiger partial charge is 0.447 e. The van der Waals surface area contributed by atoms with E-state index in [9.17, 15) is 13.6 Å². The lowest BCUT2D eigenvalue weighted by Crippen LogP contribution is -2.44. The number of nitrogens with zero attached hydrogens (tertiary/aromatic N) is 2. The van der Waals surface area contributed by atoms with E-state index < -0.39 is 23.8 Å². The third kappa shape index (κ3) is 4.65. The lowest BCUT2D eigenvalue weighted by Gasteiger charge is -2.33. The van der Waals surface area contributed by atoms with Gasteiger partial charge in [0, 0.05) is 11.1 Å². The Labute approximate surface area is 170 Å². The number of rotatable bonds is 5. The first kappa shape index (κ1) is 21.0. The summed E-state index contributed by atoms with van der Waals surface area (Å²) in [6.07, 6.45) is 1.31. The van der Waals surface area contributed by atoms with E-state index in [1.807, 2.05) is 63.2 Å². The highest BCUT2D eigenvalue weighted by molar-refractivity contribution is 5.79. The molecule has 0 radical (unpaired) electrons. The molecule has 2 aromatic carbocycles. The normalized spacial score (nSPS) is 16.9. The maximum atomic E-state index is 14.3. The molecule has 0 N–H and O–H groups in total. The molecule has 0 unspecified atom stereocenters. The zero-order valence-electron chi connectivity index (χ0n) is 17.2. The molecule has 0 fully saturated rings. The number of benzene rings is 2. The Kier molecular flexibility index (Phi) is 6.03. The molecule has 2 aromatic rings. The number of amides is 1. The van der Waals surface area contributed by atoms with Crippen molar-refractivity contribution in [3.05, 3.63) is 77.4 Å². The number of halogens is 2. The van der Waals surface area contributed by atoms with Crippen LogP contribution < -0.4 is 0 Å². The fourth-order valence-electron chi connectivity index (χ4n) is 3.09. The number of carbonyl (C=O) groups is 1. The molecule has 0 aliphatic carbocycles. The van der Waals surface area contributed by atoms with Gasteiger partial charge in [0.05, 0.1) is 12.6 Å². The Morgan fingerprint density at radius 1 is 1.17 bits per heavy atom. The standard InChI is InChI=1S/C23H26F2N2O2/c1-23(2,26(3)4)15-29-22(28)27-14-17(19-13-18(24)10-11-20(19)25)12-21(27)16-8-6-5-7-9-16/h5-13,21H,14-15H2,1-4H3/t21-/m0/s1. The van der Waals surface area contributed by atoms with E-state index in [1.165, 1.54) is 0 Å². The molecule has 1 aliphatic rings. The Hall–Kier alpha value is -2.73. The summed E-state index contributed by atoms with van der Waals surface area (Å²) in [6, 6.07) is 12.4. The van der Waals surface area contributed by atoms with Gasteiger partial charge in [0.25, 0.3) is 0 Å². The van der Waals surface area contributed by atoms with Gasteiger partial charge in [-0.05, 0) is 57.3 Å². The van der Waals surface area contributed by atoms with Gasteiger partial charge < -0.3 is 9.64 Å². The summed E-state index contributed by atoms with van der Waals surface area (Å²) in [6.45, 7) is 4.30. The SMILES string of the molecule is CN(C)C(C)(C)COC(=O)N1CC(c2cc(F)ccc2F)=C[C@H]1c1ccccc1. The van der Waals surface area contributed by atoms with E-state index in [2.05, 4.69) is 0 Å². The molecule has 3 rings (SSSR count). The molecule has 1 heterocycles. The third-order valence-electron chi connectivity index (χ3n) is 5.45. The van der Waals surface area contributed by atoms with Crippen molar-refractivity contribution in [1.82, 2.24) is 9.80 Å². The number of carbonyl (C=O) groups excluding carboxylic acids is 1. The van der Waals surface area contributed by atoms with Crippen molar-refractivity contribution in [2.75, 3.05) is 27.2 Å². The Morgan fingerprint density at radius 2 is 1.86 bits per heavy atom. The van der Waals surface area contributed by atoms with Crippen LogP contribution in [0, 0.1) is 11.6 Å². The molecule has 154 valence electrons. The van der Waals surface area contributed by atoms with Crippen LogP contribution in [-0.2, 0) is 4.74 Å². The van der Waals surface area contributed by atoms with Gasteiger partial charge in [0.2, 0.25) is 0 Å². The average Bonchev–Trinajstić information content (AvgIpc) is 3.14. The molecule has 6 heteroatoms. The van der Waals surface area contributed by atoms with Crippen LogP contribution in [0.15, 0.2) is 54.6 Å². The first-order chi connectivity index (χ1) is 13.7. The van der Waals surface area contributed by atoms with Crippen molar-refractivity contribution in [1.29, 1.82) is 0 Å². The van der Waals surface area contributed by atoms with Crippen LogP contribution in [0.3, 0.4) is 0 Å². The van der Waals surface area contributed by atoms with Crippen LogP contribution in [0.1, 0.15) is 31.0 Å². The quantitative estimate of drug-likeness (QED) is 0.717. The van der Waals surface area contributed by atoms with Crippen LogP contribution in [0.25, 0.3) is 5.57 Å². The predicted molar refractivity (Wildman–Crippen MR) is 109 cm³/mol. The van der Waals surface area contributed by atoms with E-state index in [0.29, 0.717) is 5.57 Å². The van der Waals surface area contributed by atoms with Gasteiger partial charge in [-0.15, -0.1) is 0 Å². The molecule has 4 nitrogen and oxygen atoms in total. The van der Waals surface area contributed by atoms with Crippen LogP contribution in [0.2, 0.25) is 0 Å². The van der Waals surface area contributed by atoms with Gasteiger partial charge in [-0.3, -0.25) is 4.90 Å². The van der Waals surface area contributed by atoms with E-state index in [-0.39, 0.29) is 24.3 Å². The average molecular weight is 400 g/mol. The minimum absolute atomic E-state index is 0.140. The first-order valence-corrected chi connectivity index (χ1v) is 9.51. The molecule has 0 spiro atoms. The highest BCUT2D eigenvalue weighted by atomic mass is 19.1. The van der Waals surface area contributed by atoms with Gasteiger partial charge >= 0.3 is 6.09 Å². The van der Waals surface area contributed by atoms with Crippen LogP contribution in [0.4, 0.5) is 13.6 Å². The number of hydrogen-bond acceptors (Lipinski definition) is 3. The summed E-state index contributed by atoms with van der Waals surface area (Å²) in [5, 5.41) is 0. The summed E-state index contributed by atoms with van der Waals surface area (Å²) in [5.41, 5.74) is 1.26. The second-order valence-electron chi connectivity index (χ2n) is 8.06. The maximum Gasteiger partial charge on any atom is 0.410 e. The van der Waals surface area contributed by atoms with E-state index in [4.69, 9.17) is 4.74 Å². The molecular weight excluding hydrogens is 374 g/mol. The minimum atomic E-state index is -0.521. The molecule has 0 bridgehead atoms. The van der Waals surface area contributed by atoms with Crippen molar-refractivity contribution in [2.24, 2.45) is 0 Å². The summed E-state index contributed by atoms with van der Waals surface area (Å²) < 4.78 is 33.6. The predicted octanol–water partition coefficient (Wildman–Crippen LogP) is 4.88. The van der Waals surface area contributed by atoms with Gasteiger partial charge in [-0.1, -0.05) is 36.4 Å². The zero-order valence-corrected chi connectivity index (χ0v) is 17.2. The summed E-state index contributed by atoms with van der Waals surface area (Å²) >= 11 is 0. The monoisotopic (exact) mass is 400 g/mol. The van der Waals surface area contributed by atoms with E-state index in [0.717, 1.165) is 23.8 Å². The molecule has 0 aromatic heterocycles. The van der Waals surface area contributed by atoms with E-state index in [1.54, 1.807) is 11.0 Å². The molecular formula is C23H26F2N2O2. The molecule has 1 atom stereocenters. The van der Waals surface area contributed by atoms with E-state index >= 15 is 0 Å². The highest BCUT2D eigenvalue weighted by Crippen LogP contribution is 2.36. The van der Waals surface area contributed by atoms with Crippen molar-refractivity contribution in [2.45, 2.75) is 25.4 Å². The van der Waals surface area contributed by atoms with Crippen LogP contribution in [-0.4, -0.2) is 48.7 Å². The second-order valence-corrected chi connectivity index (χ2v) is 8.06. The second kappa shape index (κ2) is 8.33. The fourth-order valence-corrected chi connectivity index (χ4v) is 3.09. The number of ether oxygens (including phenoxy) is 1. The van der Waals surface area contributed by atoms with Crippen LogP contribution >= 0.6 is 0 Å². The third-order valence-corrected chi connectivity index (χ3v) is 5.45. The molecule has 29 heavy (non-hydrogen) atoms.